The monoisotopic (exact) mass is 325 g/mol. The second-order valence-electron chi connectivity index (χ2n) is 5.96. The molecule has 24 heavy (non-hydrogen) atoms. The Bertz CT molecular complexity index is 876. The van der Waals surface area contributed by atoms with Crippen LogP contribution in [0.15, 0.2) is 42.6 Å². The molecule has 0 unspecified atom stereocenters. The topological polar surface area (TPSA) is 63.4 Å². The van der Waals surface area contributed by atoms with E-state index in [0.29, 0.717) is 17.8 Å². The minimum Gasteiger partial charge on any atom is -0.332 e. The maximum atomic E-state index is 13.2. The standard InChI is InChI=1S/C17H16FN5O/c18-14-6-4-12(5-7-14)15-3-1-2-9-22(15)17(24)13-8-10-23-16(11-13)19-20-21-23/h4-8,10-11,15H,1-3,9H2/t15-/m1/s1. The van der Waals surface area contributed by atoms with E-state index in [0.717, 1.165) is 24.8 Å². The van der Waals surface area contributed by atoms with Gasteiger partial charge in [-0.3, -0.25) is 4.79 Å². The van der Waals surface area contributed by atoms with Gasteiger partial charge in [0, 0.05) is 18.3 Å². The van der Waals surface area contributed by atoms with E-state index in [1.807, 2.05) is 4.90 Å². The van der Waals surface area contributed by atoms with Crippen LogP contribution in [0.5, 0.6) is 0 Å². The van der Waals surface area contributed by atoms with Crippen LogP contribution in [0.3, 0.4) is 0 Å². The van der Waals surface area contributed by atoms with Crippen LogP contribution in [0, 0.1) is 5.82 Å². The second kappa shape index (κ2) is 5.99. The fourth-order valence-corrected chi connectivity index (χ4v) is 3.24. The highest BCUT2D eigenvalue weighted by Gasteiger charge is 2.29. The van der Waals surface area contributed by atoms with Crippen LogP contribution in [0.2, 0.25) is 0 Å². The van der Waals surface area contributed by atoms with Gasteiger partial charge in [-0.2, -0.15) is 0 Å². The van der Waals surface area contributed by atoms with Crippen molar-refractivity contribution in [1.82, 2.24) is 24.9 Å². The summed E-state index contributed by atoms with van der Waals surface area (Å²) in [6.45, 7) is 0.691. The van der Waals surface area contributed by atoms with Crippen molar-refractivity contribution in [1.29, 1.82) is 0 Å². The van der Waals surface area contributed by atoms with E-state index in [1.54, 1.807) is 30.5 Å². The fraction of sp³-hybridized carbons (Fsp3) is 0.294. The molecule has 1 saturated heterocycles. The van der Waals surface area contributed by atoms with E-state index in [2.05, 4.69) is 15.5 Å². The highest BCUT2D eigenvalue weighted by molar-refractivity contribution is 5.95. The average Bonchev–Trinajstić information content (AvgIpc) is 3.09. The Labute approximate surface area is 137 Å². The highest BCUT2D eigenvalue weighted by Crippen LogP contribution is 2.32. The first-order valence-corrected chi connectivity index (χ1v) is 7.96. The zero-order chi connectivity index (χ0) is 16.5. The van der Waals surface area contributed by atoms with Gasteiger partial charge in [-0.1, -0.05) is 12.1 Å². The number of fused-ring (bicyclic) bond motifs is 1. The van der Waals surface area contributed by atoms with E-state index >= 15 is 0 Å². The normalized spacial score (nSPS) is 18.0. The lowest BCUT2D eigenvalue weighted by molar-refractivity contribution is 0.0611. The third kappa shape index (κ3) is 2.62. The molecule has 6 nitrogen and oxygen atoms in total. The molecule has 1 amide bonds. The summed E-state index contributed by atoms with van der Waals surface area (Å²) in [7, 11) is 0. The molecule has 1 aliphatic rings. The molecule has 122 valence electrons. The summed E-state index contributed by atoms with van der Waals surface area (Å²) >= 11 is 0. The Morgan fingerprint density at radius 3 is 2.83 bits per heavy atom. The van der Waals surface area contributed by atoms with Gasteiger partial charge in [0.15, 0.2) is 5.65 Å². The van der Waals surface area contributed by atoms with Crippen molar-refractivity contribution in [2.75, 3.05) is 6.54 Å². The summed E-state index contributed by atoms with van der Waals surface area (Å²) in [5, 5.41) is 11.3. The Kier molecular flexibility index (Phi) is 3.68. The van der Waals surface area contributed by atoms with Crippen molar-refractivity contribution < 1.29 is 9.18 Å². The third-order valence-corrected chi connectivity index (χ3v) is 4.46. The Morgan fingerprint density at radius 2 is 2.00 bits per heavy atom. The molecule has 1 aliphatic heterocycles. The first-order valence-electron chi connectivity index (χ1n) is 7.96. The van der Waals surface area contributed by atoms with Crippen molar-refractivity contribution in [3.8, 4) is 0 Å². The number of pyridine rings is 1. The van der Waals surface area contributed by atoms with Gasteiger partial charge < -0.3 is 4.90 Å². The first-order chi connectivity index (χ1) is 11.7. The predicted octanol–water partition coefficient (Wildman–Crippen LogP) is 2.63. The number of carbonyl (C=O) groups excluding carboxylic acids is 1. The van der Waals surface area contributed by atoms with Crippen LogP contribution in [-0.2, 0) is 0 Å². The summed E-state index contributed by atoms with van der Waals surface area (Å²) in [6.07, 6.45) is 4.59. The molecule has 0 bridgehead atoms. The molecule has 7 heteroatoms. The predicted molar refractivity (Wildman–Crippen MR) is 84.8 cm³/mol. The zero-order valence-electron chi connectivity index (χ0n) is 13.0. The molecular weight excluding hydrogens is 309 g/mol. The molecule has 0 aliphatic carbocycles. The van der Waals surface area contributed by atoms with Crippen LogP contribution in [0.25, 0.3) is 5.65 Å². The molecule has 1 atom stereocenters. The molecule has 0 saturated carbocycles. The molecule has 0 spiro atoms. The molecule has 1 fully saturated rings. The number of halogens is 1. The van der Waals surface area contributed by atoms with Gasteiger partial charge in [0.25, 0.3) is 5.91 Å². The van der Waals surface area contributed by atoms with Crippen LogP contribution >= 0.6 is 0 Å². The minimum atomic E-state index is -0.266. The first kappa shape index (κ1) is 14.7. The van der Waals surface area contributed by atoms with Crippen molar-refractivity contribution >= 4 is 11.6 Å². The number of amides is 1. The van der Waals surface area contributed by atoms with Crippen LogP contribution in [0.1, 0.15) is 41.2 Å². The van der Waals surface area contributed by atoms with E-state index in [4.69, 9.17) is 0 Å². The van der Waals surface area contributed by atoms with Gasteiger partial charge in [0.2, 0.25) is 0 Å². The van der Waals surface area contributed by atoms with Crippen molar-refractivity contribution in [2.24, 2.45) is 0 Å². The Morgan fingerprint density at radius 1 is 1.17 bits per heavy atom. The third-order valence-electron chi connectivity index (χ3n) is 4.46. The number of carbonyl (C=O) groups is 1. The van der Waals surface area contributed by atoms with Gasteiger partial charge >= 0.3 is 0 Å². The van der Waals surface area contributed by atoms with E-state index < -0.39 is 0 Å². The number of aromatic nitrogens is 4. The summed E-state index contributed by atoms with van der Waals surface area (Å²) in [4.78, 5) is 14.9. The van der Waals surface area contributed by atoms with E-state index in [-0.39, 0.29) is 17.8 Å². The maximum absolute atomic E-state index is 13.2. The maximum Gasteiger partial charge on any atom is 0.254 e. The molecule has 2 aromatic heterocycles. The molecule has 1 aromatic carbocycles. The molecule has 3 aromatic rings. The molecular formula is C17H16FN5O. The number of nitrogens with zero attached hydrogens (tertiary/aromatic N) is 5. The number of likely N-dealkylation sites (tertiary alicyclic amines) is 1. The van der Waals surface area contributed by atoms with Crippen molar-refractivity contribution in [3.05, 3.63) is 59.5 Å². The van der Waals surface area contributed by atoms with Crippen molar-refractivity contribution in [3.63, 3.8) is 0 Å². The summed E-state index contributed by atoms with van der Waals surface area (Å²) in [6, 6.07) is 9.80. The average molecular weight is 325 g/mol. The number of piperidine rings is 1. The molecule has 0 radical (unpaired) electrons. The van der Waals surface area contributed by atoms with Gasteiger partial charge in [0.05, 0.1) is 6.04 Å². The fourth-order valence-electron chi connectivity index (χ4n) is 3.24. The zero-order valence-corrected chi connectivity index (χ0v) is 13.0. The number of hydrogen-bond donors (Lipinski definition) is 0. The lowest BCUT2D eigenvalue weighted by Crippen LogP contribution is -2.38. The largest absolute Gasteiger partial charge is 0.332 e. The second-order valence-corrected chi connectivity index (χ2v) is 5.96. The summed E-state index contributed by atoms with van der Waals surface area (Å²) in [5.74, 6) is -0.313. The van der Waals surface area contributed by atoms with Crippen molar-refractivity contribution in [2.45, 2.75) is 25.3 Å². The number of benzene rings is 1. The molecule has 4 rings (SSSR count). The number of hydrogen-bond acceptors (Lipinski definition) is 4. The number of rotatable bonds is 2. The number of tetrazole rings is 1. The molecule has 3 heterocycles. The van der Waals surface area contributed by atoms with Gasteiger partial charge in [-0.15, -0.1) is 5.10 Å². The quantitative estimate of drug-likeness (QED) is 0.726. The summed E-state index contributed by atoms with van der Waals surface area (Å²) < 4.78 is 14.7. The lowest BCUT2D eigenvalue weighted by atomic mass is 9.94. The Balaban J connectivity index is 1.66. The van der Waals surface area contributed by atoms with Gasteiger partial charge in [-0.25, -0.2) is 8.91 Å². The minimum absolute atomic E-state index is 0.0286. The van der Waals surface area contributed by atoms with E-state index in [1.165, 1.54) is 16.6 Å². The van der Waals surface area contributed by atoms with Gasteiger partial charge in [-0.05, 0) is 59.5 Å². The van der Waals surface area contributed by atoms with Crippen LogP contribution in [0.4, 0.5) is 4.39 Å². The molecule has 0 N–H and O–H groups in total. The highest BCUT2D eigenvalue weighted by atomic mass is 19.1. The van der Waals surface area contributed by atoms with E-state index in [9.17, 15) is 9.18 Å². The summed E-state index contributed by atoms with van der Waals surface area (Å²) in [5.41, 5.74) is 2.07. The SMILES string of the molecule is O=C(c1ccn2nnnc2c1)N1CCCC[C@@H]1c1ccc(F)cc1. The Hall–Kier alpha value is -2.83. The van der Waals surface area contributed by atoms with Crippen LogP contribution in [-0.4, -0.2) is 37.4 Å². The lowest BCUT2D eigenvalue weighted by Gasteiger charge is -2.36. The smallest absolute Gasteiger partial charge is 0.254 e. The van der Waals surface area contributed by atoms with Crippen LogP contribution < -0.4 is 0 Å². The van der Waals surface area contributed by atoms with Gasteiger partial charge in [0.1, 0.15) is 5.82 Å².